The van der Waals surface area contributed by atoms with Crippen molar-refractivity contribution in [2.75, 3.05) is 13.6 Å². The quantitative estimate of drug-likeness (QED) is 0.772. The van der Waals surface area contributed by atoms with Gasteiger partial charge >= 0.3 is 5.97 Å². The number of carboxylic acids is 1. The molecule has 0 aromatic heterocycles. The molecule has 1 heterocycles. The van der Waals surface area contributed by atoms with Gasteiger partial charge in [-0.3, -0.25) is 9.59 Å². The van der Waals surface area contributed by atoms with Gasteiger partial charge in [-0.15, -0.1) is 0 Å². The predicted octanol–water partition coefficient (Wildman–Crippen LogP) is 1.36. The van der Waals surface area contributed by atoms with E-state index in [0.29, 0.717) is 12.5 Å². The zero-order chi connectivity index (χ0) is 11.7. The molecule has 0 aromatic rings. The molecule has 1 saturated heterocycles. The summed E-state index contributed by atoms with van der Waals surface area (Å²) < 4.78 is 0. The summed E-state index contributed by atoms with van der Waals surface area (Å²) in [6.45, 7) is 0.384. The smallest absolute Gasteiger partial charge is 0.309 e. The van der Waals surface area contributed by atoms with Crippen LogP contribution < -0.4 is 0 Å². The first-order chi connectivity index (χ1) is 7.61. The maximum absolute atomic E-state index is 12.0. The molecular weight excluding hydrogens is 206 g/mol. The Kier molecular flexibility index (Phi) is 3.17. The maximum atomic E-state index is 12.0. The minimum absolute atomic E-state index is 0.0410. The molecule has 1 N–H and O–H groups in total. The molecule has 4 heteroatoms. The van der Waals surface area contributed by atoms with Crippen molar-refractivity contribution in [1.29, 1.82) is 0 Å². The Hall–Kier alpha value is -1.06. The van der Waals surface area contributed by atoms with Gasteiger partial charge in [0.2, 0.25) is 5.91 Å². The van der Waals surface area contributed by atoms with Gasteiger partial charge in [0.15, 0.2) is 0 Å². The van der Waals surface area contributed by atoms with Gasteiger partial charge in [0.25, 0.3) is 0 Å². The highest BCUT2D eigenvalue weighted by molar-refractivity contribution is 5.88. The van der Waals surface area contributed by atoms with E-state index in [1.54, 1.807) is 11.9 Å². The molecule has 0 radical (unpaired) electrons. The number of carbonyl (C=O) groups is 2. The molecule has 1 aliphatic carbocycles. The van der Waals surface area contributed by atoms with Crippen LogP contribution in [-0.4, -0.2) is 35.5 Å². The topological polar surface area (TPSA) is 57.6 Å². The number of amides is 1. The van der Waals surface area contributed by atoms with Crippen molar-refractivity contribution in [1.82, 2.24) is 4.90 Å². The molecule has 1 saturated carbocycles. The number of likely N-dealkylation sites (tertiary alicyclic amines) is 1. The predicted molar refractivity (Wildman–Crippen MR) is 58.8 cm³/mol. The van der Waals surface area contributed by atoms with E-state index in [4.69, 9.17) is 0 Å². The third-order valence-corrected chi connectivity index (χ3v) is 4.04. The molecule has 2 rings (SSSR count). The molecule has 1 aliphatic heterocycles. The van der Waals surface area contributed by atoms with E-state index in [1.165, 1.54) is 6.42 Å². The van der Waals surface area contributed by atoms with Crippen molar-refractivity contribution < 1.29 is 14.7 Å². The number of carboxylic acid groups (broad SMARTS) is 1. The van der Waals surface area contributed by atoms with Gasteiger partial charge in [-0.05, 0) is 18.8 Å². The Labute approximate surface area is 95.6 Å². The van der Waals surface area contributed by atoms with E-state index in [1.807, 2.05) is 0 Å². The van der Waals surface area contributed by atoms with Gasteiger partial charge in [-0.1, -0.05) is 19.3 Å². The van der Waals surface area contributed by atoms with Crippen LogP contribution in [0.15, 0.2) is 0 Å². The van der Waals surface area contributed by atoms with Crippen LogP contribution in [0.3, 0.4) is 0 Å². The molecule has 2 fully saturated rings. The third-order valence-electron chi connectivity index (χ3n) is 4.04. The lowest BCUT2D eigenvalue weighted by Crippen LogP contribution is -2.32. The van der Waals surface area contributed by atoms with E-state index in [-0.39, 0.29) is 11.8 Å². The van der Waals surface area contributed by atoms with E-state index in [0.717, 1.165) is 25.7 Å². The van der Waals surface area contributed by atoms with Gasteiger partial charge < -0.3 is 10.0 Å². The Bertz CT molecular complexity index is 297. The monoisotopic (exact) mass is 225 g/mol. The standard InChI is InChI=1S/C12H19NO3/c1-13-7-9(12(15)16)10(11(13)14)8-5-3-2-4-6-8/h8-10H,2-7H2,1H3,(H,15,16)/t9-,10+/m0/s1. The minimum Gasteiger partial charge on any atom is -0.481 e. The summed E-state index contributed by atoms with van der Waals surface area (Å²) in [5.74, 6) is -1.22. The van der Waals surface area contributed by atoms with Gasteiger partial charge in [0.1, 0.15) is 0 Å². The minimum atomic E-state index is -0.812. The van der Waals surface area contributed by atoms with E-state index in [9.17, 15) is 14.7 Å². The van der Waals surface area contributed by atoms with Crippen molar-refractivity contribution >= 4 is 11.9 Å². The summed E-state index contributed by atoms with van der Waals surface area (Å²) in [6.07, 6.45) is 5.56. The van der Waals surface area contributed by atoms with Gasteiger partial charge in [-0.2, -0.15) is 0 Å². The first-order valence-corrected chi connectivity index (χ1v) is 6.09. The van der Waals surface area contributed by atoms with Crippen LogP contribution in [0.5, 0.6) is 0 Å². The molecule has 0 bridgehead atoms. The Morgan fingerprint density at radius 1 is 1.31 bits per heavy atom. The Morgan fingerprint density at radius 3 is 2.50 bits per heavy atom. The zero-order valence-corrected chi connectivity index (χ0v) is 9.69. The Morgan fingerprint density at radius 2 is 1.94 bits per heavy atom. The van der Waals surface area contributed by atoms with E-state index in [2.05, 4.69) is 0 Å². The summed E-state index contributed by atoms with van der Waals surface area (Å²) in [5.41, 5.74) is 0. The molecule has 2 atom stereocenters. The highest BCUT2D eigenvalue weighted by Crippen LogP contribution is 2.38. The maximum Gasteiger partial charge on any atom is 0.309 e. The average Bonchev–Trinajstić information content (AvgIpc) is 2.57. The summed E-state index contributed by atoms with van der Waals surface area (Å²) in [6, 6.07) is 0. The molecule has 16 heavy (non-hydrogen) atoms. The lowest BCUT2D eigenvalue weighted by atomic mass is 9.75. The van der Waals surface area contributed by atoms with Crippen LogP contribution in [-0.2, 0) is 9.59 Å². The molecule has 4 nitrogen and oxygen atoms in total. The average molecular weight is 225 g/mol. The lowest BCUT2D eigenvalue weighted by molar-refractivity contribution is -0.145. The fourth-order valence-electron chi connectivity index (χ4n) is 3.18. The highest BCUT2D eigenvalue weighted by Gasteiger charge is 2.46. The lowest BCUT2D eigenvalue weighted by Gasteiger charge is -2.28. The van der Waals surface area contributed by atoms with Crippen molar-refractivity contribution in [2.24, 2.45) is 17.8 Å². The van der Waals surface area contributed by atoms with E-state index < -0.39 is 11.9 Å². The number of carbonyl (C=O) groups excluding carboxylic acids is 1. The first kappa shape index (κ1) is 11.4. The summed E-state index contributed by atoms with van der Waals surface area (Å²) >= 11 is 0. The van der Waals surface area contributed by atoms with Crippen molar-refractivity contribution in [2.45, 2.75) is 32.1 Å². The van der Waals surface area contributed by atoms with Gasteiger partial charge in [0.05, 0.1) is 11.8 Å². The summed E-state index contributed by atoms with van der Waals surface area (Å²) in [4.78, 5) is 24.7. The van der Waals surface area contributed by atoms with Crippen LogP contribution in [0.1, 0.15) is 32.1 Å². The molecule has 2 aliphatic rings. The van der Waals surface area contributed by atoms with Gasteiger partial charge in [-0.25, -0.2) is 0 Å². The molecule has 0 aromatic carbocycles. The molecule has 0 unspecified atom stereocenters. The van der Waals surface area contributed by atoms with Crippen molar-refractivity contribution in [3.05, 3.63) is 0 Å². The number of nitrogens with zero attached hydrogens (tertiary/aromatic N) is 1. The first-order valence-electron chi connectivity index (χ1n) is 6.09. The number of aliphatic carboxylic acids is 1. The van der Waals surface area contributed by atoms with Crippen molar-refractivity contribution in [3.63, 3.8) is 0 Å². The zero-order valence-electron chi connectivity index (χ0n) is 9.69. The molecule has 90 valence electrons. The fourth-order valence-corrected chi connectivity index (χ4v) is 3.18. The van der Waals surface area contributed by atoms with Crippen LogP contribution in [0.2, 0.25) is 0 Å². The fraction of sp³-hybridized carbons (Fsp3) is 0.833. The molecular formula is C12H19NO3. The highest BCUT2D eigenvalue weighted by atomic mass is 16.4. The van der Waals surface area contributed by atoms with Crippen molar-refractivity contribution in [3.8, 4) is 0 Å². The van der Waals surface area contributed by atoms with Crippen LogP contribution in [0, 0.1) is 17.8 Å². The number of hydrogen-bond donors (Lipinski definition) is 1. The molecule has 0 spiro atoms. The second-order valence-corrected chi connectivity index (χ2v) is 5.09. The van der Waals surface area contributed by atoms with Crippen LogP contribution in [0.25, 0.3) is 0 Å². The summed E-state index contributed by atoms with van der Waals surface area (Å²) in [5, 5.41) is 9.17. The SMILES string of the molecule is CN1C[C@H](C(=O)O)[C@@H](C2CCCCC2)C1=O. The molecule has 1 amide bonds. The second-order valence-electron chi connectivity index (χ2n) is 5.09. The van der Waals surface area contributed by atoms with Crippen LogP contribution >= 0.6 is 0 Å². The summed E-state index contributed by atoms with van der Waals surface area (Å²) in [7, 11) is 1.71. The normalized spacial score (nSPS) is 32.1. The van der Waals surface area contributed by atoms with Gasteiger partial charge in [0, 0.05) is 13.6 Å². The largest absolute Gasteiger partial charge is 0.481 e. The Balaban J connectivity index is 2.14. The van der Waals surface area contributed by atoms with Crippen LogP contribution in [0.4, 0.5) is 0 Å². The van der Waals surface area contributed by atoms with E-state index >= 15 is 0 Å². The third kappa shape index (κ3) is 1.93. The second kappa shape index (κ2) is 4.44. The number of rotatable bonds is 2. The number of hydrogen-bond acceptors (Lipinski definition) is 2.